The van der Waals surface area contributed by atoms with Crippen molar-refractivity contribution in [2.24, 2.45) is 0 Å². The third kappa shape index (κ3) is 4.43. The number of aromatic amines is 1. The van der Waals surface area contributed by atoms with E-state index in [0.717, 1.165) is 18.2 Å². The molecule has 0 bridgehead atoms. The standard InChI is InChI=1S/C10H10N10O6S2/c11-7-13-8(15-9(14-7)16-10-17-19-20-18-10)12-5-3-4(27(21,22)23)1-2-6(5)28(24,25)26/h1-3H,(H,21,22,23)(H,24,25,26)(H5,11,12,13,14,15,16,17,18,19,20). The van der Waals surface area contributed by atoms with Crippen molar-refractivity contribution < 1.29 is 25.9 Å². The van der Waals surface area contributed by atoms with Crippen LogP contribution in [0.4, 0.5) is 29.5 Å². The lowest BCUT2D eigenvalue weighted by atomic mass is 10.3. The van der Waals surface area contributed by atoms with Gasteiger partial charge in [-0.15, -0.1) is 5.10 Å². The fourth-order valence-electron chi connectivity index (χ4n) is 1.93. The van der Waals surface area contributed by atoms with Crippen molar-refractivity contribution in [3.63, 3.8) is 0 Å². The molecule has 0 amide bonds. The summed E-state index contributed by atoms with van der Waals surface area (Å²) in [5.41, 5.74) is 5.10. The molecule has 0 unspecified atom stereocenters. The Morgan fingerprint density at radius 1 is 0.929 bits per heavy atom. The molecule has 2 aromatic heterocycles. The van der Waals surface area contributed by atoms with Gasteiger partial charge in [0.05, 0.1) is 10.6 Å². The predicted octanol–water partition coefficient (Wildman–Crippen LogP) is -1.05. The first-order valence-corrected chi connectivity index (χ1v) is 9.78. The second-order valence-corrected chi connectivity index (χ2v) is 7.75. The number of nitrogens with one attached hydrogen (secondary N) is 3. The number of anilines is 5. The van der Waals surface area contributed by atoms with Crippen molar-refractivity contribution in [3.05, 3.63) is 18.2 Å². The highest BCUT2D eigenvalue weighted by Crippen LogP contribution is 2.27. The Hall–Kier alpha value is -3.48. The second-order valence-electron chi connectivity index (χ2n) is 4.93. The van der Waals surface area contributed by atoms with E-state index in [0.29, 0.717) is 0 Å². The number of nitrogen functional groups attached to an aromatic ring is 1. The Balaban J connectivity index is 2.04. The van der Waals surface area contributed by atoms with Gasteiger partial charge >= 0.3 is 0 Å². The van der Waals surface area contributed by atoms with Gasteiger partial charge in [-0.05, 0) is 23.4 Å². The lowest BCUT2D eigenvalue weighted by molar-refractivity contribution is 0.479. The molecule has 7 N–H and O–H groups in total. The lowest BCUT2D eigenvalue weighted by Gasteiger charge is -2.11. The molecule has 3 aromatic rings. The molecule has 2 heterocycles. The SMILES string of the molecule is Nc1nc(Nc2nn[nH]n2)nc(Nc2cc(S(=O)(=O)O)ccc2S(=O)(=O)O)n1. The molecule has 0 aliphatic heterocycles. The summed E-state index contributed by atoms with van der Waals surface area (Å²) < 4.78 is 64.2. The molecule has 0 saturated heterocycles. The van der Waals surface area contributed by atoms with E-state index in [1.165, 1.54) is 0 Å². The topological polar surface area (TPSA) is 252 Å². The maximum absolute atomic E-state index is 11.5. The molecule has 0 saturated carbocycles. The van der Waals surface area contributed by atoms with Crippen LogP contribution in [-0.4, -0.2) is 61.5 Å². The molecule has 0 atom stereocenters. The molecule has 0 fully saturated rings. The quantitative estimate of drug-likeness (QED) is 0.255. The summed E-state index contributed by atoms with van der Waals surface area (Å²) in [6, 6.07) is 2.31. The Morgan fingerprint density at radius 3 is 2.18 bits per heavy atom. The van der Waals surface area contributed by atoms with Crippen LogP contribution in [0, 0.1) is 0 Å². The second kappa shape index (κ2) is 6.92. The first-order chi connectivity index (χ1) is 13.0. The van der Waals surface area contributed by atoms with Crippen molar-refractivity contribution in [1.82, 2.24) is 35.6 Å². The number of tetrazole rings is 1. The maximum atomic E-state index is 11.5. The van der Waals surface area contributed by atoms with E-state index in [2.05, 4.69) is 46.2 Å². The van der Waals surface area contributed by atoms with Gasteiger partial charge in [-0.3, -0.25) is 14.4 Å². The monoisotopic (exact) mass is 430 g/mol. The minimum atomic E-state index is -4.77. The summed E-state index contributed by atoms with van der Waals surface area (Å²) >= 11 is 0. The fraction of sp³-hybridized carbons (Fsp3) is 0. The highest BCUT2D eigenvalue weighted by Gasteiger charge is 2.21. The van der Waals surface area contributed by atoms with Gasteiger partial charge in [0.1, 0.15) is 4.90 Å². The minimum absolute atomic E-state index is 0.0106. The summed E-state index contributed by atoms with van der Waals surface area (Å²) in [6.45, 7) is 0. The highest BCUT2D eigenvalue weighted by molar-refractivity contribution is 7.86. The zero-order chi connectivity index (χ0) is 20.5. The Kier molecular flexibility index (Phi) is 4.77. The van der Waals surface area contributed by atoms with Crippen LogP contribution in [0.1, 0.15) is 0 Å². The van der Waals surface area contributed by atoms with Gasteiger partial charge in [-0.2, -0.15) is 37.0 Å². The van der Waals surface area contributed by atoms with Crippen LogP contribution in [-0.2, 0) is 20.2 Å². The predicted molar refractivity (Wildman–Crippen MR) is 91.1 cm³/mol. The van der Waals surface area contributed by atoms with Crippen molar-refractivity contribution in [1.29, 1.82) is 0 Å². The molecule has 148 valence electrons. The van der Waals surface area contributed by atoms with E-state index >= 15 is 0 Å². The number of nitrogens with two attached hydrogens (primary N) is 1. The van der Waals surface area contributed by atoms with Gasteiger partial charge in [0, 0.05) is 0 Å². The van der Waals surface area contributed by atoms with Crippen LogP contribution in [0.3, 0.4) is 0 Å². The summed E-state index contributed by atoms with van der Waals surface area (Å²) in [5.74, 6) is -0.794. The molecule has 0 aliphatic rings. The Morgan fingerprint density at radius 2 is 1.61 bits per heavy atom. The third-order valence-corrected chi connectivity index (χ3v) is 4.76. The van der Waals surface area contributed by atoms with Crippen LogP contribution in [0.15, 0.2) is 28.0 Å². The number of aromatic nitrogens is 7. The molecule has 28 heavy (non-hydrogen) atoms. The van der Waals surface area contributed by atoms with Gasteiger partial charge in [0.25, 0.3) is 26.2 Å². The van der Waals surface area contributed by atoms with Crippen molar-refractivity contribution in [2.75, 3.05) is 16.4 Å². The van der Waals surface area contributed by atoms with Crippen molar-refractivity contribution >= 4 is 49.7 Å². The minimum Gasteiger partial charge on any atom is -0.368 e. The van der Waals surface area contributed by atoms with E-state index in [1.54, 1.807) is 0 Å². The summed E-state index contributed by atoms with van der Waals surface area (Å²) in [6.07, 6.45) is 0. The van der Waals surface area contributed by atoms with Crippen LogP contribution in [0.2, 0.25) is 0 Å². The van der Waals surface area contributed by atoms with E-state index in [1.807, 2.05) is 0 Å². The molecule has 0 aliphatic carbocycles. The van der Waals surface area contributed by atoms with Crippen LogP contribution >= 0.6 is 0 Å². The van der Waals surface area contributed by atoms with E-state index < -0.39 is 35.7 Å². The zero-order valence-electron chi connectivity index (χ0n) is 13.3. The number of H-pyrrole nitrogens is 1. The van der Waals surface area contributed by atoms with Crippen LogP contribution in [0.25, 0.3) is 0 Å². The summed E-state index contributed by atoms with van der Waals surface area (Å²) in [5, 5.41) is 17.6. The Labute approximate surface area is 156 Å². The molecular formula is C10H10N10O6S2. The van der Waals surface area contributed by atoms with Gasteiger partial charge < -0.3 is 11.1 Å². The van der Waals surface area contributed by atoms with E-state index in [9.17, 15) is 21.4 Å². The molecule has 0 radical (unpaired) electrons. The molecule has 18 heteroatoms. The van der Waals surface area contributed by atoms with E-state index in [4.69, 9.17) is 10.3 Å². The zero-order valence-corrected chi connectivity index (χ0v) is 15.0. The smallest absolute Gasteiger partial charge is 0.296 e. The fourth-order valence-corrected chi connectivity index (χ4v) is 3.07. The van der Waals surface area contributed by atoms with Crippen LogP contribution in [0.5, 0.6) is 0 Å². The average molecular weight is 430 g/mol. The van der Waals surface area contributed by atoms with Gasteiger partial charge in [-0.25, -0.2) is 0 Å². The lowest BCUT2D eigenvalue weighted by Crippen LogP contribution is -2.10. The Bertz CT molecular complexity index is 1230. The molecule has 16 nitrogen and oxygen atoms in total. The number of rotatable bonds is 6. The first-order valence-electron chi connectivity index (χ1n) is 6.90. The largest absolute Gasteiger partial charge is 0.368 e. The number of benzene rings is 1. The first kappa shape index (κ1) is 19.3. The molecular weight excluding hydrogens is 420 g/mol. The molecule has 1 aromatic carbocycles. The van der Waals surface area contributed by atoms with Gasteiger partial charge in [-0.1, -0.05) is 5.10 Å². The van der Waals surface area contributed by atoms with Crippen molar-refractivity contribution in [3.8, 4) is 0 Å². The number of hydrogen-bond donors (Lipinski definition) is 6. The van der Waals surface area contributed by atoms with E-state index in [-0.39, 0.29) is 23.8 Å². The normalized spacial score (nSPS) is 11.9. The number of hydrogen-bond acceptors (Lipinski definition) is 13. The van der Waals surface area contributed by atoms with Crippen LogP contribution < -0.4 is 16.4 Å². The number of nitrogens with zero attached hydrogens (tertiary/aromatic N) is 6. The third-order valence-electron chi connectivity index (χ3n) is 2.99. The average Bonchev–Trinajstić information content (AvgIpc) is 3.05. The molecule has 3 rings (SSSR count). The van der Waals surface area contributed by atoms with Gasteiger partial charge in [0.15, 0.2) is 0 Å². The maximum Gasteiger partial charge on any atom is 0.296 e. The van der Waals surface area contributed by atoms with Gasteiger partial charge in [0.2, 0.25) is 17.8 Å². The summed E-state index contributed by atoms with van der Waals surface area (Å²) in [7, 11) is -9.43. The summed E-state index contributed by atoms with van der Waals surface area (Å²) in [4.78, 5) is 10.0. The molecule has 0 spiro atoms. The highest BCUT2D eigenvalue weighted by atomic mass is 32.2. The van der Waals surface area contributed by atoms with Crippen molar-refractivity contribution in [2.45, 2.75) is 9.79 Å².